The molecule has 2 bridgehead atoms. The lowest BCUT2D eigenvalue weighted by Crippen LogP contribution is -2.33. The highest BCUT2D eigenvalue weighted by atomic mass is 16.1. The molecule has 5 atom stereocenters. The van der Waals surface area contributed by atoms with Gasteiger partial charge in [-0.3, -0.25) is 4.79 Å². The lowest BCUT2D eigenvalue weighted by atomic mass is 9.79. The highest BCUT2D eigenvalue weighted by Crippen LogP contribution is 2.59. The van der Waals surface area contributed by atoms with Crippen LogP contribution in [0.2, 0.25) is 0 Å². The van der Waals surface area contributed by atoms with Crippen LogP contribution in [0.4, 0.5) is 5.69 Å². The summed E-state index contributed by atoms with van der Waals surface area (Å²) in [5, 5.41) is 3.70. The maximum atomic E-state index is 11.1. The zero-order valence-corrected chi connectivity index (χ0v) is 11.7. The van der Waals surface area contributed by atoms with Crippen molar-refractivity contribution in [2.45, 2.75) is 38.1 Å². The Morgan fingerprint density at radius 2 is 1.80 bits per heavy atom. The number of hydrogen-bond acceptors (Lipinski definition) is 2. The summed E-state index contributed by atoms with van der Waals surface area (Å²) in [5.74, 6) is 3.51. The minimum Gasteiger partial charge on any atom is -0.382 e. The van der Waals surface area contributed by atoms with Gasteiger partial charge in [0.15, 0.2) is 0 Å². The molecule has 5 unspecified atom stereocenters. The van der Waals surface area contributed by atoms with Gasteiger partial charge >= 0.3 is 0 Å². The van der Waals surface area contributed by atoms with Crippen LogP contribution in [0.5, 0.6) is 0 Å². The van der Waals surface area contributed by atoms with Crippen molar-refractivity contribution in [3.8, 4) is 0 Å². The van der Waals surface area contributed by atoms with Gasteiger partial charge < -0.3 is 11.1 Å². The monoisotopic (exact) mass is 270 g/mol. The van der Waals surface area contributed by atoms with E-state index < -0.39 is 0 Å². The van der Waals surface area contributed by atoms with E-state index in [0.717, 1.165) is 29.4 Å². The number of nitrogens with one attached hydrogen (secondary N) is 1. The zero-order chi connectivity index (χ0) is 13.7. The third kappa shape index (κ3) is 1.83. The maximum Gasteiger partial charge on any atom is 0.248 e. The fraction of sp³-hybridized carbons (Fsp3) is 0.588. The fourth-order valence-electron chi connectivity index (χ4n) is 5.18. The van der Waals surface area contributed by atoms with Crippen molar-refractivity contribution >= 4 is 11.6 Å². The summed E-state index contributed by atoms with van der Waals surface area (Å²) in [5.41, 5.74) is 6.99. The Bertz CT molecular complexity index is 524. The van der Waals surface area contributed by atoms with Crippen LogP contribution in [0.1, 0.15) is 42.5 Å². The number of carbonyl (C=O) groups excluding carboxylic acids is 1. The molecule has 0 saturated heterocycles. The van der Waals surface area contributed by atoms with Crippen LogP contribution < -0.4 is 11.1 Å². The van der Waals surface area contributed by atoms with Crippen LogP contribution in [0.15, 0.2) is 24.3 Å². The third-order valence-corrected chi connectivity index (χ3v) is 5.95. The Labute approximate surface area is 119 Å². The zero-order valence-electron chi connectivity index (χ0n) is 11.7. The molecule has 0 spiro atoms. The average Bonchev–Trinajstić information content (AvgIpc) is 3.11. The van der Waals surface area contributed by atoms with E-state index in [1.165, 1.54) is 32.1 Å². The first-order chi connectivity index (χ1) is 9.72. The lowest BCUT2D eigenvalue weighted by Gasteiger charge is -2.32. The van der Waals surface area contributed by atoms with Gasteiger partial charge in [-0.25, -0.2) is 0 Å². The summed E-state index contributed by atoms with van der Waals surface area (Å²) >= 11 is 0. The molecule has 3 saturated carbocycles. The number of carbonyl (C=O) groups is 1. The molecule has 0 heterocycles. The van der Waals surface area contributed by atoms with E-state index in [-0.39, 0.29) is 5.91 Å². The number of anilines is 1. The van der Waals surface area contributed by atoms with Crippen molar-refractivity contribution in [1.82, 2.24) is 0 Å². The standard InChI is InChI=1S/C17H22N2O/c18-17(20)10-4-6-12(7-5-10)19-16-9-11-8-15(16)14-3-1-2-13(11)14/h4-7,11,13-16,19H,1-3,8-9H2,(H2,18,20). The number of hydrogen-bond donors (Lipinski definition) is 2. The van der Waals surface area contributed by atoms with Crippen LogP contribution in [0.3, 0.4) is 0 Å². The molecule has 4 rings (SSSR count). The lowest BCUT2D eigenvalue weighted by molar-refractivity contribution is 0.100. The average molecular weight is 270 g/mol. The van der Waals surface area contributed by atoms with Crippen molar-refractivity contribution in [2.24, 2.45) is 29.4 Å². The van der Waals surface area contributed by atoms with E-state index in [4.69, 9.17) is 5.73 Å². The molecule has 20 heavy (non-hydrogen) atoms. The Morgan fingerprint density at radius 1 is 1.05 bits per heavy atom. The molecule has 3 fully saturated rings. The van der Waals surface area contributed by atoms with Crippen LogP contribution in [0.25, 0.3) is 0 Å². The molecule has 3 aliphatic carbocycles. The predicted octanol–water partition coefficient (Wildman–Crippen LogP) is 3.02. The topological polar surface area (TPSA) is 55.1 Å². The molecule has 1 aromatic rings. The first kappa shape index (κ1) is 12.2. The van der Waals surface area contributed by atoms with Crippen molar-refractivity contribution in [1.29, 1.82) is 0 Å². The van der Waals surface area contributed by atoms with E-state index in [9.17, 15) is 4.79 Å². The first-order valence-electron chi connectivity index (χ1n) is 7.89. The maximum absolute atomic E-state index is 11.1. The normalized spacial score (nSPS) is 37.9. The largest absolute Gasteiger partial charge is 0.382 e. The molecular weight excluding hydrogens is 248 g/mol. The van der Waals surface area contributed by atoms with Crippen molar-refractivity contribution in [3.63, 3.8) is 0 Å². The summed E-state index contributed by atoms with van der Waals surface area (Å²) in [7, 11) is 0. The minimum atomic E-state index is -0.356. The van der Waals surface area contributed by atoms with Gasteiger partial charge in [0.1, 0.15) is 0 Å². The summed E-state index contributed by atoms with van der Waals surface area (Å²) < 4.78 is 0. The summed E-state index contributed by atoms with van der Waals surface area (Å²) in [6.07, 6.45) is 7.15. The van der Waals surface area contributed by atoms with E-state index in [1.54, 1.807) is 0 Å². The Balaban J connectivity index is 1.46. The van der Waals surface area contributed by atoms with Crippen molar-refractivity contribution in [2.75, 3.05) is 5.32 Å². The number of amides is 1. The van der Waals surface area contributed by atoms with Gasteiger partial charge in [0.05, 0.1) is 0 Å². The van der Waals surface area contributed by atoms with Gasteiger partial charge in [0.2, 0.25) is 5.91 Å². The molecule has 3 heteroatoms. The molecule has 1 amide bonds. The summed E-state index contributed by atoms with van der Waals surface area (Å²) in [6, 6.07) is 8.24. The van der Waals surface area contributed by atoms with Crippen LogP contribution >= 0.6 is 0 Å². The quantitative estimate of drug-likeness (QED) is 0.887. The number of nitrogens with two attached hydrogens (primary N) is 1. The van der Waals surface area contributed by atoms with Gasteiger partial charge in [0.25, 0.3) is 0 Å². The number of benzene rings is 1. The number of primary amides is 1. The first-order valence-corrected chi connectivity index (χ1v) is 7.89. The highest BCUT2D eigenvalue weighted by molar-refractivity contribution is 5.93. The molecule has 3 N–H and O–H groups in total. The van der Waals surface area contributed by atoms with Crippen LogP contribution in [-0.2, 0) is 0 Å². The third-order valence-electron chi connectivity index (χ3n) is 5.95. The molecule has 1 aromatic carbocycles. The second-order valence-electron chi connectivity index (χ2n) is 6.85. The highest BCUT2D eigenvalue weighted by Gasteiger charge is 2.53. The molecular formula is C17H22N2O. The van der Waals surface area contributed by atoms with Crippen LogP contribution in [0, 0.1) is 23.7 Å². The van der Waals surface area contributed by atoms with Gasteiger partial charge in [-0.05, 0) is 73.6 Å². The molecule has 106 valence electrons. The van der Waals surface area contributed by atoms with Gasteiger partial charge in [0, 0.05) is 17.3 Å². The smallest absolute Gasteiger partial charge is 0.248 e. The summed E-state index contributed by atoms with van der Waals surface area (Å²) in [6.45, 7) is 0. The van der Waals surface area contributed by atoms with Gasteiger partial charge in [-0.2, -0.15) is 0 Å². The van der Waals surface area contributed by atoms with Crippen LogP contribution in [-0.4, -0.2) is 11.9 Å². The van der Waals surface area contributed by atoms with Crippen molar-refractivity contribution < 1.29 is 4.79 Å². The Kier molecular flexibility index (Phi) is 2.76. The number of fused-ring (bicyclic) bond motifs is 5. The Morgan fingerprint density at radius 3 is 2.55 bits per heavy atom. The summed E-state index contributed by atoms with van der Waals surface area (Å²) in [4.78, 5) is 11.1. The van der Waals surface area contributed by atoms with Crippen molar-refractivity contribution in [3.05, 3.63) is 29.8 Å². The molecule has 0 aliphatic heterocycles. The van der Waals surface area contributed by atoms with E-state index in [2.05, 4.69) is 5.32 Å². The van der Waals surface area contributed by atoms with E-state index >= 15 is 0 Å². The fourth-order valence-corrected chi connectivity index (χ4v) is 5.18. The SMILES string of the molecule is NC(=O)c1ccc(NC2CC3CC2C2CCCC32)cc1. The van der Waals surface area contributed by atoms with E-state index in [0.29, 0.717) is 11.6 Å². The molecule has 0 aromatic heterocycles. The van der Waals surface area contributed by atoms with Gasteiger partial charge in [-0.15, -0.1) is 0 Å². The second kappa shape index (κ2) is 4.51. The number of rotatable bonds is 3. The molecule has 3 aliphatic rings. The minimum absolute atomic E-state index is 0.356. The second-order valence-corrected chi connectivity index (χ2v) is 6.85. The predicted molar refractivity (Wildman–Crippen MR) is 79.4 cm³/mol. The Hall–Kier alpha value is -1.51. The van der Waals surface area contributed by atoms with Gasteiger partial charge in [-0.1, -0.05) is 6.42 Å². The molecule has 3 nitrogen and oxygen atoms in total. The molecule has 0 radical (unpaired) electrons. The van der Waals surface area contributed by atoms with E-state index in [1.807, 2.05) is 24.3 Å².